The number of pyridine rings is 1. The van der Waals surface area contributed by atoms with E-state index in [9.17, 15) is 23.1 Å². The highest BCUT2D eigenvalue weighted by molar-refractivity contribution is 5.88. The fourth-order valence-corrected chi connectivity index (χ4v) is 4.70. The van der Waals surface area contributed by atoms with E-state index in [1.807, 2.05) is 0 Å². The van der Waals surface area contributed by atoms with Gasteiger partial charge < -0.3 is 15.3 Å². The first-order valence-electron chi connectivity index (χ1n) is 10.3. The Kier molecular flexibility index (Phi) is 5.00. The predicted octanol–water partition coefficient (Wildman–Crippen LogP) is 2.62. The van der Waals surface area contributed by atoms with Gasteiger partial charge in [-0.05, 0) is 42.8 Å². The number of phenols is 1. The summed E-state index contributed by atoms with van der Waals surface area (Å²) >= 11 is 0. The van der Waals surface area contributed by atoms with Gasteiger partial charge in [0.05, 0.1) is 23.2 Å². The second-order valence-corrected chi connectivity index (χ2v) is 8.31. The first-order valence-corrected chi connectivity index (χ1v) is 10.3. The largest absolute Gasteiger partial charge is 0.507 e. The number of rotatable bonds is 4. The number of fused-ring (bicyclic) bond motifs is 3. The Morgan fingerprint density at radius 2 is 2.09 bits per heavy atom. The van der Waals surface area contributed by atoms with Crippen molar-refractivity contribution in [3.05, 3.63) is 40.9 Å². The number of hydrogen-bond acceptors (Lipinski definition) is 7. The number of aromatic hydroxyl groups is 1. The molecule has 0 spiro atoms. The molecular weight excluding hydrogens is 425 g/mol. The van der Waals surface area contributed by atoms with E-state index in [0.29, 0.717) is 23.7 Å². The van der Waals surface area contributed by atoms with Crippen LogP contribution in [0.4, 0.5) is 19.0 Å². The van der Waals surface area contributed by atoms with Crippen molar-refractivity contribution in [2.75, 3.05) is 11.9 Å². The molecule has 0 amide bonds. The molecule has 0 radical (unpaired) electrons. The van der Waals surface area contributed by atoms with Gasteiger partial charge in [0.15, 0.2) is 11.6 Å². The summed E-state index contributed by atoms with van der Waals surface area (Å²) in [7, 11) is 1.76. The third-order valence-electron chi connectivity index (χ3n) is 6.46. The molecule has 0 aliphatic carbocycles. The van der Waals surface area contributed by atoms with E-state index >= 15 is 0 Å². The number of nitrogens with one attached hydrogen (secondary N) is 1. The summed E-state index contributed by atoms with van der Waals surface area (Å²) in [5, 5.41) is 22.2. The monoisotopic (exact) mass is 446 g/mol. The molecule has 168 valence electrons. The number of halogens is 3. The third-order valence-corrected chi connectivity index (χ3v) is 6.46. The molecule has 3 aromatic rings. The van der Waals surface area contributed by atoms with Crippen LogP contribution in [0.3, 0.4) is 0 Å². The summed E-state index contributed by atoms with van der Waals surface area (Å²) in [6, 6.07) is 3.74. The molecule has 2 aliphatic rings. The van der Waals surface area contributed by atoms with Gasteiger partial charge >= 0.3 is 6.55 Å². The van der Waals surface area contributed by atoms with Crippen molar-refractivity contribution in [2.45, 2.75) is 50.1 Å². The lowest BCUT2D eigenvalue weighted by Crippen LogP contribution is -2.55. The normalized spacial score (nSPS) is 24.9. The van der Waals surface area contributed by atoms with Gasteiger partial charge in [-0.15, -0.1) is 10.2 Å². The Morgan fingerprint density at radius 1 is 1.28 bits per heavy atom. The van der Waals surface area contributed by atoms with Crippen LogP contribution in [0, 0.1) is 0 Å². The number of nitrogens with zero attached hydrogens (tertiary/aromatic N) is 5. The van der Waals surface area contributed by atoms with E-state index in [1.54, 1.807) is 11.9 Å². The molecular formula is C21H21F3N6O2. The van der Waals surface area contributed by atoms with E-state index < -0.39 is 18.3 Å². The maximum Gasteiger partial charge on any atom is 0.321 e. The van der Waals surface area contributed by atoms with Crippen molar-refractivity contribution < 1.29 is 18.3 Å². The van der Waals surface area contributed by atoms with E-state index in [1.165, 1.54) is 18.3 Å². The van der Waals surface area contributed by atoms with Crippen LogP contribution in [0.1, 0.15) is 25.8 Å². The second kappa shape index (κ2) is 7.73. The smallest absolute Gasteiger partial charge is 0.321 e. The van der Waals surface area contributed by atoms with E-state index in [-0.39, 0.29) is 39.2 Å². The van der Waals surface area contributed by atoms with Crippen molar-refractivity contribution in [1.82, 2.24) is 25.1 Å². The van der Waals surface area contributed by atoms with Crippen LogP contribution < -0.4 is 15.8 Å². The Hall–Kier alpha value is -3.21. The van der Waals surface area contributed by atoms with Gasteiger partial charge in [-0.3, -0.25) is 9.36 Å². The first-order chi connectivity index (χ1) is 15.3. The summed E-state index contributed by atoms with van der Waals surface area (Å²) in [5.74, 6) is 0.174. The number of phenolic OH excluding ortho intramolecular Hbond substituents is 1. The molecule has 4 atom stereocenters. The minimum atomic E-state index is -2.98. The quantitative estimate of drug-likeness (QED) is 0.636. The van der Waals surface area contributed by atoms with Crippen LogP contribution in [0.15, 0.2) is 35.4 Å². The van der Waals surface area contributed by atoms with E-state index in [2.05, 4.69) is 20.5 Å². The summed E-state index contributed by atoms with van der Waals surface area (Å²) < 4.78 is 41.0. The topological polar surface area (TPSA) is 96.2 Å². The summed E-state index contributed by atoms with van der Waals surface area (Å²) in [4.78, 5) is 18.2. The second-order valence-electron chi connectivity index (χ2n) is 8.31. The van der Waals surface area contributed by atoms with Crippen LogP contribution >= 0.6 is 0 Å². The Morgan fingerprint density at radius 3 is 2.81 bits per heavy atom. The molecule has 32 heavy (non-hydrogen) atoms. The average Bonchev–Trinajstić information content (AvgIpc) is 3.19. The molecule has 5 rings (SSSR count). The zero-order valence-electron chi connectivity index (χ0n) is 17.1. The number of alkyl halides is 3. The molecule has 2 aliphatic heterocycles. The zero-order chi connectivity index (χ0) is 22.6. The Labute approximate surface area is 180 Å². The number of hydrogen-bond donors (Lipinski definition) is 2. The molecule has 8 nitrogen and oxygen atoms in total. The molecule has 2 saturated heterocycles. The summed E-state index contributed by atoms with van der Waals surface area (Å²) in [6.07, 6.45) is 3.87. The highest BCUT2D eigenvalue weighted by Crippen LogP contribution is 2.34. The van der Waals surface area contributed by atoms with E-state index in [4.69, 9.17) is 0 Å². The van der Waals surface area contributed by atoms with Crippen molar-refractivity contribution >= 4 is 16.6 Å². The molecule has 2 N–H and O–H groups in total. The van der Waals surface area contributed by atoms with Crippen LogP contribution in [-0.2, 0) is 0 Å². The SMILES string of the molecule is CN(c1cnc(-c2cc3ccn(C(F)F)c(=O)c3cc2O)nn1)[C@@H]1CC2CCC(N2)[C@@H]1F. The molecule has 2 fully saturated rings. The van der Waals surface area contributed by atoms with Crippen LogP contribution in [-0.4, -0.2) is 56.2 Å². The van der Waals surface area contributed by atoms with Crippen LogP contribution in [0.5, 0.6) is 5.75 Å². The fraction of sp³-hybridized carbons (Fsp3) is 0.429. The molecule has 2 bridgehead atoms. The van der Waals surface area contributed by atoms with Crippen molar-refractivity contribution in [3.63, 3.8) is 0 Å². The van der Waals surface area contributed by atoms with Crippen molar-refractivity contribution in [3.8, 4) is 17.1 Å². The maximum absolute atomic E-state index is 14.9. The zero-order valence-corrected chi connectivity index (χ0v) is 17.1. The van der Waals surface area contributed by atoms with Crippen molar-refractivity contribution in [1.29, 1.82) is 0 Å². The fourth-order valence-electron chi connectivity index (χ4n) is 4.70. The van der Waals surface area contributed by atoms with Gasteiger partial charge in [-0.25, -0.2) is 9.37 Å². The molecule has 11 heteroatoms. The lowest BCUT2D eigenvalue weighted by Gasteiger charge is -2.38. The van der Waals surface area contributed by atoms with Gasteiger partial charge in [-0.2, -0.15) is 8.78 Å². The summed E-state index contributed by atoms with van der Waals surface area (Å²) in [5.41, 5.74) is -0.705. The standard InChI is InChI=1S/C21H21F3N6O2/c1-29(15-7-11-2-3-14(26-11)18(15)22)17-9-25-19(28-27-17)13-6-10-4-5-30(21(23)24)20(32)12(10)8-16(13)31/h4-6,8-9,11,14-15,18,21,26,31H,2-3,7H2,1H3/t11?,14?,15-,18+/m1/s1. The van der Waals surface area contributed by atoms with E-state index in [0.717, 1.165) is 25.1 Å². The van der Waals surface area contributed by atoms with Gasteiger partial charge in [0.25, 0.3) is 5.56 Å². The number of aromatic nitrogens is 4. The summed E-state index contributed by atoms with van der Waals surface area (Å²) in [6.45, 7) is -2.98. The maximum atomic E-state index is 14.9. The minimum Gasteiger partial charge on any atom is -0.507 e. The first kappa shape index (κ1) is 20.7. The predicted molar refractivity (Wildman–Crippen MR) is 112 cm³/mol. The average molecular weight is 446 g/mol. The molecule has 0 saturated carbocycles. The third kappa shape index (κ3) is 3.36. The minimum absolute atomic E-state index is 0.0483. The van der Waals surface area contributed by atoms with Crippen molar-refractivity contribution in [2.24, 2.45) is 0 Å². The number of benzene rings is 1. The lowest BCUT2D eigenvalue weighted by molar-refractivity contribution is 0.0669. The lowest BCUT2D eigenvalue weighted by atomic mass is 9.96. The Balaban J connectivity index is 1.44. The number of piperidine rings is 1. The molecule has 2 unspecified atom stereocenters. The highest BCUT2D eigenvalue weighted by atomic mass is 19.3. The molecule has 4 heterocycles. The number of anilines is 1. The molecule has 1 aromatic carbocycles. The van der Waals surface area contributed by atoms with Crippen LogP contribution in [0.25, 0.3) is 22.2 Å². The van der Waals surface area contributed by atoms with Crippen LogP contribution in [0.2, 0.25) is 0 Å². The van der Waals surface area contributed by atoms with Gasteiger partial charge in [0.1, 0.15) is 11.9 Å². The highest BCUT2D eigenvalue weighted by Gasteiger charge is 2.43. The van der Waals surface area contributed by atoms with Gasteiger partial charge in [-0.1, -0.05) is 0 Å². The Bertz CT molecular complexity index is 1220. The molecule has 2 aromatic heterocycles. The van der Waals surface area contributed by atoms with Gasteiger partial charge in [0.2, 0.25) is 0 Å². The van der Waals surface area contributed by atoms with Gasteiger partial charge in [0, 0.05) is 25.3 Å².